The Morgan fingerprint density at radius 3 is 1.97 bits per heavy atom. The minimum atomic E-state index is -4.51. The van der Waals surface area contributed by atoms with Crippen LogP contribution in [-0.4, -0.2) is 70.6 Å². The van der Waals surface area contributed by atoms with Crippen molar-refractivity contribution in [2.75, 3.05) is 6.54 Å². The van der Waals surface area contributed by atoms with E-state index < -0.39 is 84.5 Å². The number of nitrogens with one attached hydrogen (secondary N) is 4. The van der Waals surface area contributed by atoms with Crippen LogP contribution < -0.4 is 21.3 Å². The molecule has 0 radical (unpaired) electrons. The van der Waals surface area contributed by atoms with Gasteiger partial charge in [-0.25, -0.2) is 9.59 Å². The number of halogens is 3. The molecule has 0 aromatic heterocycles. The molecule has 1 aromatic carbocycles. The highest BCUT2D eigenvalue weighted by Crippen LogP contribution is 2.29. The lowest BCUT2D eigenvalue weighted by molar-refractivity contribution is -0.147. The number of carboxylic acids is 2. The second-order valence-electron chi connectivity index (χ2n) is 8.64. The van der Waals surface area contributed by atoms with Crippen LogP contribution in [-0.2, 0) is 41.5 Å². The lowest BCUT2D eigenvalue weighted by atomic mass is 10.0. The van der Waals surface area contributed by atoms with Crippen LogP contribution in [0.4, 0.5) is 18.0 Å². The van der Waals surface area contributed by atoms with E-state index in [1.807, 2.05) is 5.32 Å². The summed E-state index contributed by atoms with van der Waals surface area (Å²) >= 11 is 0. The van der Waals surface area contributed by atoms with E-state index in [-0.39, 0.29) is 12.2 Å². The van der Waals surface area contributed by atoms with Crippen LogP contribution >= 0.6 is 0 Å². The van der Waals surface area contributed by atoms with Gasteiger partial charge in [0.1, 0.15) is 31.3 Å². The molecule has 0 aliphatic heterocycles. The maximum atomic E-state index is 12.6. The number of carboxylic acid groups (broad SMARTS) is 2. The predicted molar refractivity (Wildman–Crippen MR) is 126 cm³/mol. The molecule has 3 atom stereocenters. The summed E-state index contributed by atoms with van der Waals surface area (Å²) < 4.78 is 42.6. The Morgan fingerprint density at radius 2 is 1.49 bits per heavy atom. The zero-order valence-corrected chi connectivity index (χ0v) is 21.1. The number of benzene rings is 1. The summed E-state index contributed by atoms with van der Waals surface area (Å²) in [7, 11) is 0. The summed E-state index contributed by atoms with van der Waals surface area (Å²) in [6.07, 6.45) is -6.44. The van der Waals surface area contributed by atoms with E-state index in [4.69, 9.17) is 14.9 Å². The van der Waals surface area contributed by atoms with Crippen molar-refractivity contribution in [1.82, 2.24) is 21.3 Å². The van der Waals surface area contributed by atoms with E-state index in [9.17, 15) is 41.9 Å². The molecule has 0 heterocycles. The van der Waals surface area contributed by atoms with Crippen LogP contribution in [0.15, 0.2) is 24.3 Å². The number of hydrogen-bond acceptors (Lipinski definition) is 7. The molecule has 0 saturated carbocycles. The second kappa shape index (κ2) is 14.5. The summed E-state index contributed by atoms with van der Waals surface area (Å²) in [6.45, 7) is 3.40. The molecule has 6 N–H and O–H groups in total. The summed E-state index contributed by atoms with van der Waals surface area (Å²) in [6, 6.07) is -0.275. The molecule has 0 unspecified atom stereocenters. The molecule has 4 amide bonds. The molecule has 16 heteroatoms. The molecule has 0 aliphatic rings. The van der Waals surface area contributed by atoms with Gasteiger partial charge in [-0.1, -0.05) is 26.0 Å². The van der Waals surface area contributed by atoms with Gasteiger partial charge in [-0.2, -0.15) is 13.2 Å². The third-order valence-electron chi connectivity index (χ3n) is 5.06. The van der Waals surface area contributed by atoms with Crippen molar-refractivity contribution in [2.24, 2.45) is 5.92 Å². The summed E-state index contributed by atoms with van der Waals surface area (Å²) in [5.74, 6) is -6.12. The van der Waals surface area contributed by atoms with Gasteiger partial charge in [-0.05, 0) is 30.5 Å². The molecular formula is C23H29F3N4O9. The van der Waals surface area contributed by atoms with Gasteiger partial charge in [0.05, 0.1) is 12.0 Å². The number of alkyl halides is 3. The third kappa shape index (κ3) is 11.7. The summed E-state index contributed by atoms with van der Waals surface area (Å²) in [5.41, 5.74) is -0.594. The minimum Gasteiger partial charge on any atom is -0.481 e. The first kappa shape index (κ1) is 32.7. The fourth-order valence-corrected chi connectivity index (χ4v) is 2.94. The molecule has 39 heavy (non-hydrogen) atoms. The number of carbonyl (C=O) groups is 6. The molecule has 1 rings (SSSR count). The quantitative estimate of drug-likeness (QED) is 0.199. The number of carbonyl (C=O) groups excluding carboxylic acids is 4. The van der Waals surface area contributed by atoms with E-state index in [0.717, 1.165) is 24.3 Å². The van der Waals surface area contributed by atoms with Crippen LogP contribution in [0.1, 0.15) is 38.3 Å². The van der Waals surface area contributed by atoms with Gasteiger partial charge in [-0.3, -0.25) is 19.2 Å². The zero-order chi connectivity index (χ0) is 29.9. The number of aliphatic carboxylic acids is 2. The smallest absolute Gasteiger partial charge is 0.416 e. The van der Waals surface area contributed by atoms with Crippen molar-refractivity contribution in [1.29, 1.82) is 0 Å². The van der Waals surface area contributed by atoms with Gasteiger partial charge >= 0.3 is 24.2 Å². The highest BCUT2D eigenvalue weighted by molar-refractivity contribution is 5.94. The number of amides is 4. The molecule has 0 aliphatic carbocycles. The van der Waals surface area contributed by atoms with Crippen molar-refractivity contribution in [2.45, 2.75) is 58.1 Å². The monoisotopic (exact) mass is 562 g/mol. The van der Waals surface area contributed by atoms with Crippen molar-refractivity contribution in [3.8, 4) is 0 Å². The maximum Gasteiger partial charge on any atom is 0.416 e. The molecule has 1 aromatic rings. The van der Waals surface area contributed by atoms with Crippen LogP contribution in [0, 0.1) is 5.92 Å². The first-order valence-corrected chi connectivity index (χ1v) is 11.4. The first-order valence-electron chi connectivity index (χ1n) is 11.4. The van der Waals surface area contributed by atoms with Gasteiger partial charge < -0.3 is 36.2 Å². The minimum absolute atomic E-state index is 0.273. The highest BCUT2D eigenvalue weighted by Gasteiger charge is 2.31. The average Bonchev–Trinajstić information content (AvgIpc) is 2.83. The predicted octanol–water partition coefficient (Wildman–Crippen LogP) is 0.621. The lowest BCUT2D eigenvalue weighted by Crippen LogP contribution is -2.57. The van der Waals surface area contributed by atoms with E-state index in [2.05, 4.69) is 16.0 Å². The van der Waals surface area contributed by atoms with Gasteiger partial charge in [0.25, 0.3) is 0 Å². The lowest BCUT2D eigenvalue weighted by Gasteiger charge is -2.24. The van der Waals surface area contributed by atoms with Gasteiger partial charge in [0.2, 0.25) is 17.7 Å². The van der Waals surface area contributed by atoms with Crippen molar-refractivity contribution >= 4 is 35.8 Å². The number of hydrogen-bond donors (Lipinski definition) is 6. The second-order valence-corrected chi connectivity index (χ2v) is 8.64. The Morgan fingerprint density at radius 1 is 0.897 bits per heavy atom. The van der Waals surface area contributed by atoms with Gasteiger partial charge in [-0.15, -0.1) is 0 Å². The van der Waals surface area contributed by atoms with Gasteiger partial charge in [0.15, 0.2) is 0 Å². The Kier molecular flexibility index (Phi) is 12.2. The maximum absolute atomic E-state index is 12.6. The standard InChI is InChI=1S/C23H29F3N4O9/c1-11(2)18(20(35)28-12(3)19(34)29-15(21(36)37)8-17(32)33)30-16(31)9-27-22(38)39-10-13-4-6-14(7-5-13)23(24,25)26/h4-7,11-12,15,18H,8-10H2,1-3H3,(H,27,38)(H,28,35)(H,29,34)(H,30,31)(H,32,33)(H,36,37)/t12-,15-,18-/m0/s1. The molecule has 0 spiro atoms. The number of alkyl carbamates (subject to hydrolysis) is 1. The number of rotatable bonds is 13. The number of ether oxygens (including phenoxy) is 1. The molecule has 216 valence electrons. The average molecular weight is 562 g/mol. The van der Waals surface area contributed by atoms with Crippen LogP contribution in [0.2, 0.25) is 0 Å². The van der Waals surface area contributed by atoms with E-state index in [1.165, 1.54) is 6.92 Å². The molecule has 0 saturated heterocycles. The summed E-state index contributed by atoms with van der Waals surface area (Å²) in [4.78, 5) is 70.8. The van der Waals surface area contributed by atoms with E-state index >= 15 is 0 Å². The molecule has 0 bridgehead atoms. The Balaban J connectivity index is 2.57. The fourth-order valence-electron chi connectivity index (χ4n) is 2.94. The van der Waals surface area contributed by atoms with E-state index in [1.54, 1.807) is 13.8 Å². The van der Waals surface area contributed by atoms with Crippen molar-refractivity contribution in [3.63, 3.8) is 0 Å². The zero-order valence-electron chi connectivity index (χ0n) is 21.1. The highest BCUT2D eigenvalue weighted by atomic mass is 19.4. The van der Waals surface area contributed by atoms with Crippen molar-refractivity contribution < 1.29 is 56.9 Å². The Labute approximate surface area is 220 Å². The fraction of sp³-hybridized carbons (Fsp3) is 0.478. The third-order valence-corrected chi connectivity index (χ3v) is 5.06. The first-order chi connectivity index (χ1) is 18.0. The largest absolute Gasteiger partial charge is 0.481 e. The van der Waals surface area contributed by atoms with Crippen molar-refractivity contribution in [3.05, 3.63) is 35.4 Å². The topological polar surface area (TPSA) is 200 Å². The van der Waals surface area contributed by atoms with Crippen LogP contribution in [0.25, 0.3) is 0 Å². The summed E-state index contributed by atoms with van der Waals surface area (Å²) in [5, 5.41) is 26.5. The normalized spacial score (nSPS) is 13.4. The Bertz CT molecular complexity index is 1060. The molecular weight excluding hydrogens is 533 g/mol. The molecule has 0 fully saturated rings. The van der Waals surface area contributed by atoms with E-state index in [0.29, 0.717) is 0 Å². The van der Waals surface area contributed by atoms with Gasteiger partial charge in [0, 0.05) is 0 Å². The Hall–Kier alpha value is -4.37. The molecule has 13 nitrogen and oxygen atoms in total. The van der Waals surface area contributed by atoms with Crippen LogP contribution in [0.5, 0.6) is 0 Å². The SMILES string of the molecule is CC(C)[C@H](NC(=O)CNC(=O)OCc1ccc(C(F)(F)F)cc1)C(=O)N[C@@H](C)C(=O)N[C@@H](CC(=O)O)C(=O)O. The van der Waals surface area contributed by atoms with Crippen LogP contribution in [0.3, 0.4) is 0 Å².